The van der Waals surface area contributed by atoms with Gasteiger partial charge in [0, 0.05) is 17.7 Å². The zero-order valence-electron chi connectivity index (χ0n) is 9.08. The lowest BCUT2D eigenvalue weighted by Crippen LogP contribution is -2.30. The highest BCUT2D eigenvalue weighted by molar-refractivity contribution is 5.19. The summed E-state index contributed by atoms with van der Waals surface area (Å²) < 4.78 is 5.57. The lowest BCUT2D eigenvalue weighted by atomic mass is 9.95. The molecule has 3 nitrogen and oxygen atoms in total. The Labute approximate surface area is 85.3 Å². The minimum Gasteiger partial charge on any atom is -0.491 e. The van der Waals surface area contributed by atoms with Crippen LogP contribution in [-0.4, -0.2) is 18.1 Å². The first kappa shape index (κ1) is 11.0. The SMILES string of the molecule is Cc1ccc(OCC(C)(C)CN)cn1. The van der Waals surface area contributed by atoms with Gasteiger partial charge in [0.05, 0.1) is 12.8 Å². The van der Waals surface area contributed by atoms with Gasteiger partial charge in [0.15, 0.2) is 0 Å². The van der Waals surface area contributed by atoms with Gasteiger partial charge >= 0.3 is 0 Å². The molecule has 0 aliphatic carbocycles. The van der Waals surface area contributed by atoms with E-state index in [9.17, 15) is 0 Å². The van der Waals surface area contributed by atoms with Crippen LogP contribution in [0.25, 0.3) is 0 Å². The van der Waals surface area contributed by atoms with Gasteiger partial charge in [-0.2, -0.15) is 0 Å². The van der Waals surface area contributed by atoms with Crippen LogP contribution in [-0.2, 0) is 0 Å². The molecule has 3 heteroatoms. The summed E-state index contributed by atoms with van der Waals surface area (Å²) in [5.74, 6) is 0.803. The van der Waals surface area contributed by atoms with Crippen molar-refractivity contribution >= 4 is 0 Å². The molecule has 0 amide bonds. The van der Waals surface area contributed by atoms with E-state index >= 15 is 0 Å². The summed E-state index contributed by atoms with van der Waals surface area (Å²) in [7, 11) is 0. The third-order valence-electron chi connectivity index (χ3n) is 2.07. The van der Waals surface area contributed by atoms with E-state index in [1.165, 1.54) is 0 Å². The van der Waals surface area contributed by atoms with Crippen molar-refractivity contribution in [3.63, 3.8) is 0 Å². The molecule has 14 heavy (non-hydrogen) atoms. The highest BCUT2D eigenvalue weighted by atomic mass is 16.5. The highest BCUT2D eigenvalue weighted by Crippen LogP contribution is 2.16. The lowest BCUT2D eigenvalue weighted by molar-refractivity contribution is 0.186. The predicted molar refractivity (Wildman–Crippen MR) is 57.3 cm³/mol. The van der Waals surface area contributed by atoms with Crippen molar-refractivity contribution in [3.05, 3.63) is 24.0 Å². The molecule has 2 N–H and O–H groups in total. The summed E-state index contributed by atoms with van der Waals surface area (Å²) in [4.78, 5) is 4.15. The van der Waals surface area contributed by atoms with E-state index in [2.05, 4.69) is 18.8 Å². The third-order valence-corrected chi connectivity index (χ3v) is 2.07. The van der Waals surface area contributed by atoms with Gasteiger partial charge in [0.1, 0.15) is 5.75 Å². The van der Waals surface area contributed by atoms with Crippen LogP contribution in [0.15, 0.2) is 18.3 Å². The molecule has 0 aromatic carbocycles. The van der Waals surface area contributed by atoms with Gasteiger partial charge in [-0.1, -0.05) is 13.8 Å². The summed E-state index contributed by atoms with van der Waals surface area (Å²) in [5.41, 5.74) is 6.61. The molecule has 0 bridgehead atoms. The Morgan fingerprint density at radius 3 is 2.64 bits per heavy atom. The fourth-order valence-electron chi connectivity index (χ4n) is 0.877. The van der Waals surface area contributed by atoms with Crippen LogP contribution in [0.4, 0.5) is 0 Å². The van der Waals surface area contributed by atoms with Gasteiger partial charge in [0.2, 0.25) is 0 Å². The van der Waals surface area contributed by atoms with Crippen LogP contribution >= 0.6 is 0 Å². The summed E-state index contributed by atoms with van der Waals surface area (Å²) in [6.07, 6.45) is 1.74. The molecule has 0 unspecified atom stereocenters. The van der Waals surface area contributed by atoms with Gasteiger partial charge in [-0.3, -0.25) is 4.98 Å². The number of ether oxygens (including phenoxy) is 1. The third kappa shape index (κ3) is 3.34. The first-order chi connectivity index (χ1) is 6.53. The quantitative estimate of drug-likeness (QED) is 0.794. The fourth-order valence-corrected chi connectivity index (χ4v) is 0.877. The summed E-state index contributed by atoms with van der Waals surface area (Å²) in [6.45, 7) is 7.34. The number of hydrogen-bond acceptors (Lipinski definition) is 3. The van der Waals surface area contributed by atoms with Crippen molar-refractivity contribution < 1.29 is 4.74 Å². The zero-order chi connectivity index (χ0) is 10.6. The van der Waals surface area contributed by atoms with E-state index in [0.29, 0.717) is 13.2 Å². The Hall–Kier alpha value is -1.09. The summed E-state index contributed by atoms with van der Waals surface area (Å²) in [5, 5.41) is 0. The number of aromatic nitrogens is 1. The molecule has 0 atom stereocenters. The molecule has 0 saturated heterocycles. The number of hydrogen-bond donors (Lipinski definition) is 1. The second kappa shape index (κ2) is 4.42. The van der Waals surface area contributed by atoms with E-state index in [-0.39, 0.29) is 5.41 Å². The molecule has 0 aliphatic heterocycles. The van der Waals surface area contributed by atoms with Crippen LogP contribution in [0.1, 0.15) is 19.5 Å². The molecule has 78 valence electrons. The first-order valence-corrected chi connectivity index (χ1v) is 4.79. The molecule has 1 aromatic rings. The number of aryl methyl sites for hydroxylation is 1. The van der Waals surface area contributed by atoms with Crippen LogP contribution < -0.4 is 10.5 Å². The smallest absolute Gasteiger partial charge is 0.137 e. The van der Waals surface area contributed by atoms with Crippen LogP contribution in [0, 0.1) is 12.3 Å². The fraction of sp³-hybridized carbons (Fsp3) is 0.545. The molecule has 0 aliphatic rings. The van der Waals surface area contributed by atoms with Gasteiger partial charge in [-0.25, -0.2) is 0 Å². The largest absolute Gasteiger partial charge is 0.491 e. The molecule has 1 rings (SSSR count). The Bertz CT molecular complexity index is 280. The summed E-state index contributed by atoms with van der Waals surface area (Å²) >= 11 is 0. The normalized spacial score (nSPS) is 11.4. The molecule has 1 aromatic heterocycles. The predicted octanol–water partition coefficient (Wildman–Crippen LogP) is 1.75. The van der Waals surface area contributed by atoms with E-state index in [1.54, 1.807) is 6.20 Å². The standard InChI is InChI=1S/C11H18N2O/c1-9-4-5-10(6-13-9)14-8-11(2,3)7-12/h4-6H,7-8,12H2,1-3H3. The first-order valence-electron chi connectivity index (χ1n) is 4.79. The summed E-state index contributed by atoms with van der Waals surface area (Å²) in [6, 6.07) is 3.86. The maximum atomic E-state index is 5.60. The van der Waals surface area contributed by atoms with Crippen molar-refractivity contribution in [2.75, 3.05) is 13.2 Å². The maximum absolute atomic E-state index is 5.60. The average molecular weight is 194 g/mol. The van der Waals surface area contributed by atoms with E-state index in [4.69, 9.17) is 10.5 Å². The molecule has 0 radical (unpaired) electrons. The number of pyridine rings is 1. The monoisotopic (exact) mass is 194 g/mol. The Kier molecular flexibility index (Phi) is 3.47. The van der Waals surface area contributed by atoms with Crippen molar-refractivity contribution in [2.45, 2.75) is 20.8 Å². The second-order valence-electron chi connectivity index (χ2n) is 4.29. The van der Waals surface area contributed by atoms with Crippen LogP contribution in [0.5, 0.6) is 5.75 Å². The van der Waals surface area contributed by atoms with Crippen molar-refractivity contribution in [2.24, 2.45) is 11.1 Å². The number of nitrogens with two attached hydrogens (primary N) is 1. The van der Waals surface area contributed by atoms with E-state index in [1.807, 2.05) is 19.1 Å². The topological polar surface area (TPSA) is 48.1 Å². The lowest BCUT2D eigenvalue weighted by Gasteiger charge is -2.22. The molecule has 0 spiro atoms. The highest BCUT2D eigenvalue weighted by Gasteiger charge is 2.16. The minimum absolute atomic E-state index is 0.0187. The average Bonchev–Trinajstić information content (AvgIpc) is 2.17. The van der Waals surface area contributed by atoms with E-state index in [0.717, 1.165) is 11.4 Å². The number of rotatable bonds is 4. The molecule has 0 saturated carbocycles. The van der Waals surface area contributed by atoms with Crippen molar-refractivity contribution in [1.82, 2.24) is 4.98 Å². The van der Waals surface area contributed by atoms with Crippen molar-refractivity contribution in [3.8, 4) is 5.75 Å². The second-order valence-corrected chi connectivity index (χ2v) is 4.29. The molecular weight excluding hydrogens is 176 g/mol. The number of nitrogens with zero attached hydrogens (tertiary/aromatic N) is 1. The maximum Gasteiger partial charge on any atom is 0.137 e. The van der Waals surface area contributed by atoms with Crippen molar-refractivity contribution in [1.29, 1.82) is 0 Å². The molecular formula is C11H18N2O. The zero-order valence-corrected chi connectivity index (χ0v) is 9.08. The van der Waals surface area contributed by atoms with Gasteiger partial charge in [-0.05, 0) is 19.1 Å². The van der Waals surface area contributed by atoms with Crippen LogP contribution in [0.3, 0.4) is 0 Å². The Balaban J connectivity index is 2.50. The Morgan fingerprint density at radius 2 is 2.14 bits per heavy atom. The van der Waals surface area contributed by atoms with Gasteiger partial charge in [-0.15, -0.1) is 0 Å². The van der Waals surface area contributed by atoms with E-state index < -0.39 is 0 Å². The minimum atomic E-state index is 0.0187. The molecule has 1 heterocycles. The van der Waals surface area contributed by atoms with Gasteiger partial charge in [0.25, 0.3) is 0 Å². The van der Waals surface area contributed by atoms with Gasteiger partial charge < -0.3 is 10.5 Å². The molecule has 0 fully saturated rings. The Morgan fingerprint density at radius 1 is 1.43 bits per heavy atom. The van der Waals surface area contributed by atoms with Crippen LogP contribution in [0.2, 0.25) is 0 Å².